The molecule has 1 fully saturated rings. The van der Waals surface area contributed by atoms with Gasteiger partial charge in [-0.05, 0) is 37.8 Å². The van der Waals surface area contributed by atoms with Gasteiger partial charge in [-0.3, -0.25) is 19.7 Å². The SMILES string of the molecule is COC(=O)C[C@@H](C(=O)Nc1ccc(C)cc1[N+](=O)[O-])[NH+]1CCCCC1. The van der Waals surface area contributed by atoms with Gasteiger partial charge >= 0.3 is 5.97 Å². The number of nitro groups is 1. The van der Waals surface area contributed by atoms with Crippen molar-refractivity contribution in [3.8, 4) is 0 Å². The van der Waals surface area contributed by atoms with Gasteiger partial charge in [-0.25, -0.2) is 0 Å². The monoisotopic (exact) mass is 350 g/mol. The molecule has 0 aliphatic carbocycles. The highest BCUT2D eigenvalue weighted by molar-refractivity contribution is 5.97. The molecular weight excluding hydrogens is 326 g/mol. The van der Waals surface area contributed by atoms with Crippen molar-refractivity contribution in [2.75, 3.05) is 25.5 Å². The third-order valence-corrected chi connectivity index (χ3v) is 4.51. The van der Waals surface area contributed by atoms with Crippen molar-refractivity contribution in [3.63, 3.8) is 0 Å². The minimum absolute atomic E-state index is 0.0443. The predicted octanol–water partition coefficient (Wildman–Crippen LogP) is 0.842. The van der Waals surface area contributed by atoms with Gasteiger partial charge in [0.1, 0.15) is 12.1 Å². The van der Waals surface area contributed by atoms with E-state index in [9.17, 15) is 19.7 Å². The maximum Gasteiger partial charge on any atom is 0.312 e. The van der Waals surface area contributed by atoms with Crippen LogP contribution in [0.5, 0.6) is 0 Å². The fraction of sp³-hybridized carbons (Fsp3) is 0.529. The van der Waals surface area contributed by atoms with Crippen molar-refractivity contribution in [1.29, 1.82) is 0 Å². The summed E-state index contributed by atoms with van der Waals surface area (Å²) in [5.41, 5.74) is 0.725. The van der Waals surface area contributed by atoms with Crippen LogP contribution < -0.4 is 10.2 Å². The van der Waals surface area contributed by atoms with Gasteiger partial charge in [-0.2, -0.15) is 0 Å². The Bertz CT molecular complexity index is 656. The van der Waals surface area contributed by atoms with Crippen LogP contribution >= 0.6 is 0 Å². The van der Waals surface area contributed by atoms with Gasteiger partial charge in [0, 0.05) is 6.07 Å². The van der Waals surface area contributed by atoms with Gasteiger partial charge in [0.15, 0.2) is 6.04 Å². The van der Waals surface area contributed by atoms with E-state index in [0.717, 1.165) is 42.8 Å². The lowest BCUT2D eigenvalue weighted by Crippen LogP contribution is -3.17. The number of nitrogens with one attached hydrogen (secondary N) is 2. The highest BCUT2D eigenvalue weighted by atomic mass is 16.6. The highest BCUT2D eigenvalue weighted by Gasteiger charge is 2.34. The lowest BCUT2D eigenvalue weighted by molar-refractivity contribution is -0.920. The number of likely N-dealkylation sites (tertiary alicyclic amines) is 1. The van der Waals surface area contributed by atoms with E-state index >= 15 is 0 Å². The normalized spacial score (nSPS) is 16.1. The predicted molar refractivity (Wildman–Crippen MR) is 91.4 cm³/mol. The fourth-order valence-corrected chi connectivity index (χ4v) is 3.15. The molecule has 1 heterocycles. The fourth-order valence-electron chi connectivity index (χ4n) is 3.15. The Morgan fingerprint density at radius 3 is 2.60 bits per heavy atom. The van der Waals surface area contributed by atoms with Crippen molar-refractivity contribution in [2.45, 2.75) is 38.6 Å². The second-order valence-electron chi connectivity index (χ2n) is 6.32. The highest BCUT2D eigenvalue weighted by Crippen LogP contribution is 2.25. The third kappa shape index (κ3) is 4.99. The van der Waals surface area contributed by atoms with E-state index in [4.69, 9.17) is 4.74 Å². The lowest BCUT2D eigenvalue weighted by Gasteiger charge is -2.30. The first-order chi connectivity index (χ1) is 11.9. The quantitative estimate of drug-likeness (QED) is 0.450. The minimum Gasteiger partial charge on any atom is -0.469 e. The molecule has 2 N–H and O–H groups in total. The molecule has 0 unspecified atom stereocenters. The second-order valence-corrected chi connectivity index (χ2v) is 6.32. The molecule has 8 nitrogen and oxygen atoms in total. The van der Waals surface area contributed by atoms with E-state index in [-0.39, 0.29) is 17.8 Å². The Hall–Kier alpha value is -2.48. The number of rotatable bonds is 6. The second kappa shape index (κ2) is 8.57. The van der Waals surface area contributed by atoms with Crippen LogP contribution in [0.15, 0.2) is 18.2 Å². The van der Waals surface area contributed by atoms with E-state index < -0.39 is 22.8 Å². The summed E-state index contributed by atoms with van der Waals surface area (Å²) in [5, 5.41) is 13.9. The van der Waals surface area contributed by atoms with Crippen LogP contribution in [0.1, 0.15) is 31.2 Å². The first kappa shape index (κ1) is 18.9. The molecule has 1 aromatic rings. The summed E-state index contributed by atoms with van der Waals surface area (Å²) in [6, 6.07) is 4.02. The number of nitrogens with zero attached hydrogens (tertiary/aromatic N) is 1. The van der Waals surface area contributed by atoms with Gasteiger partial charge in [0.2, 0.25) is 0 Å². The van der Waals surface area contributed by atoms with E-state index in [2.05, 4.69) is 5.32 Å². The molecule has 1 aromatic carbocycles. The van der Waals surface area contributed by atoms with E-state index in [0.29, 0.717) is 0 Å². The molecule has 1 aliphatic rings. The van der Waals surface area contributed by atoms with Crippen LogP contribution in [-0.4, -0.2) is 43.0 Å². The number of piperidine rings is 1. The zero-order valence-electron chi connectivity index (χ0n) is 14.5. The molecule has 1 saturated heterocycles. The van der Waals surface area contributed by atoms with Gasteiger partial charge in [-0.15, -0.1) is 0 Å². The molecule has 0 bridgehead atoms. The van der Waals surface area contributed by atoms with Crippen LogP contribution in [0, 0.1) is 17.0 Å². The molecule has 136 valence electrons. The maximum absolute atomic E-state index is 12.8. The zero-order chi connectivity index (χ0) is 18.4. The van der Waals surface area contributed by atoms with Crippen molar-refractivity contribution >= 4 is 23.3 Å². The molecule has 25 heavy (non-hydrogen) atoms. The molecule has 0 aromatic heterocycles. The van der Waals surface area contributed by atoms with Gasteiger partial charge < -0.3 is 15.0 Å². The van der Waals surface area contributed by atoms with Gasteiger partial charge in [0.05, 0.1) is 25.1 Å². The largest absolute Gasteiger partial charge is 0.469 e. The Morgan fingerprint density at radius 1 is 1.32 bits per heavy atom. The Kier molecular flexibility index (Phi) is 6.46. The van der Waals surface area contributed by atoms with E-state index in [1.807, 2.05) is 0 Å². The van der Waals surface area contributed by atoms with E-state index in [1.54, 1.807) is 13.0 Å². The van der Waals surface area contributed by atoms with Crippen LogP contribution in [0.3, 0.4) is 0 Å². The molecular formula is C17H24N3O5+. The summed E-state index contributed by atoms with van der Waals surface area (Å²) in [5.74, 6) is -0.856. The number of nitro benzene ring substituents is 1. The Balaban J connectivity index is 2.21. The number of hydrogen-bond donors (Lipinski definition) is 2. The summed E-state index contributed by atoms with van der Waals surface area (Å²) >= 11 is 0. The molecule has 2 rings (SSSR count). The number of carbonyl (C=O) groups excluding carboxylic acids is 2. The van der Waals surface area contributed by atoms with Crippen molar-refractivity contribution < 1.29 is 24.1 Å². The topological polar surface area (TPSA) is 103 Å². The van der Waals surface area contributed by atoms with E-state index in [1.165, 1.54) is 19.2 Å². The van der Waals surface area contributed by atoms with Gasteiger partial charge in [0.25, 0.3) is 11.6 Å². The Morgan fingerprint density at radius 2 is 2.00 bits per heavy atom. The van der Waals surface area contributed by atoms with Crippen LogP contribution in [0.25, 0.3) is 0 Å². The number of anilines is 1. The summed E-state index contributed by atoms with van der Waals surface area (Å²) in [6.45, 7) is 3.34. The lowest BCUT2D eigenvalue weighted by atomic mass is 10.0. The molecule has 1 amide bonds. The number of quaternary nitrogens is 1. The maximum atomic E-state index is 12.8. The Labute approximate surface area is 146 Å². The van der Waals surface area contributed by atoms with Crippen molar-refractivity contribution in [3.05, 3.63) is 33.9 Å². The van der Waals surface area contributed by atoms with Crippen LogP contribution in [0.2, 0.25) is 0 Å². The summed E-state index contributed by atoms with van der Waals surface area (Å²) in [7, 11) is 1.29. The van der Waals surface area contributed by atoms with Gasteiger partial charge in [-0.1, -0.05) is 6.07 Å². The van der Waals surface area contributed by atoms with Crippen molar-refractivity contribution in [2.24, 2.45) is 0 Å². The van der Waals surface area contributed by atoms with Crippen LogP contribution in [0.4, 0.5) is 11.4 Å². The number of carbonyl (C=O) groups is 2. The number of benzene rings is 1. The molecule has 0 saturated carbocycles. The molecule has 1 aliphatic heterocycles. The summed E-state index contributed by atoms with van der Waals surface area (Å²) in [4.78, 5) is 36.2. The third-order valence-electron chi connectivity index (χ3n) is 4.51. The summed E-state index contributed by atoms with van der Waals surface area (Å²) in [6.07, 6.45) is 3.05. The van der Waals surface area contributed by atoms with Crippen molar-refractivity contribution in [1.82, 2.24) is 0 Å². The molecule has 0 radical (unpaired) electrons. The number of ether oxygens (including phenoxy) is 1. The van der Waals surface area contributed by atoms with Crippen LogP contribution in [-0.2, 0) is 14.3 Å². The number of aryl methyl sites for hydroxylation is 1. The zero-order valence-corrected chi connectivity index (χ0v) is 14.5. The number of hydrogen-bond acceptors (Lipinski definition) is 5. The standard InChI is InChI=1S/C17H23N3O5/c1-12-6-7-13(14(10-12)20(23)24)18-17(22)15(11-16(21)25-2)19-8-4-3-5-9-19/h6-7,10,15H,3-5,8-9,11H2,1-2H3,(H,18,22)/p+1/t15-/m0/s1. The molecule has 1 atom stereocenters. The number of methoxy groups -OCH3 is 1. The number of esters is 1. The molecule has 0 spiro atoms. The first-order valence-corrected chi connectivity index (χ1v) is 8.39. The first-order valence-electron chi connectivity index (χ1n) is 8.39. The molecule has 8 heteroatoms. The average Bonchev–Trinajstić information content (AvgIpc) is 2.61. The minimum atomic E-state index is -0.617. The summed E-state index contributed by atoms with van der Waals surface area (Å²) < 4.78 is 4.71. The average molecular weight is 350 g/mol. The smallest absolute Gasteiger partial charge is 0.312 e. The number of amides is 1.